The Morgan fingerprint density at radius 1 is 1.36 bits per heavy atom. The van der Waals surface area contributed by atoms with Crippen molar-refractivity contribution in [3.8, 4) is 0 Å². The largest absolute Gasteiger partial charge is 0.393 e. The summed E-state index contributed by atoms with van der Waals surface area (Å²) in [4.78, 5) is 22.0. The number of hydrogen-bond acceptors (Lipinski definition) is 3. The second-order valence-electron chi connectivity index (χ2n) is 4.24. The molecule has 2 fully saturated rings. The topological polar surface area (TPSA) is 66.4 Å². The first-order valence-electron chi connectivity index (χ1n) is 5.15. The van der Waals surface area contributed by atoms with E-state index in [-0.39, 0.29) is 29.9 Å². The van der Waals surface area contributed by atoms with Gasteiger partial charge in [0.1, 0.15) is 6.29 Å². The summed E-state index contributed by atoms with van der Waals surface area (Å²) in [6.45, 7) is 0. The van der Waals surface area contributed by atoms with E-state index in [0.29, 0.717) is 25.7 Å². The van der Waals surface area contributed by atoms with Gasteiger partial charge in [0, 0.05) is 24.3 Å². The standard InChI is InChI=1S/C10H15NO3/c12-5-6-1-3-8(13)7-2-4-9(14)11-10(6)7/h5-8,10,13H,1-4H2,(H,11,14). The molecule has 2 rings (SSSR count). The predicted octanol–water partition coefficient (Wildman–Crippen LogP) is -0.149. The van der Waals surface area contributed by atoms with Gasteiger partial charge in [0.2, 0.25) is 5.91 Å². The van der Waals surface area contributed by atoms with Crippen LogP contribution in [0.4, 0.5) is 0 Å². The number of hydrogen-bond donors (Lipinski definition) is 2. The lowest BCUT2D eigenvalue weighted by atomic mass is 9.72. The molecule has 4 nitrogen and oxygen atoms in total. The van der Waals surface area contributed by atoms with Gasteiger partial charge >= 0.3 is 0 Å². The van der Waals surface area contributed by atoms with Crippen LogP contribution in [0.2, 0.25) is 0 Å². The van der Waals surface area contributed by atoms with Gasteiger partial charge in [-0.3, -0.25) is 4.79 Å². The molecule has 1 aliphatic carbocycles. The van der Waals surface area contributed by atoms with Crippen LogP contribution >= 0.6 is 0 Å². The van der Waals surface area contributed by atoms with Crippen LogP contribution in [0.1, 0.15) is 25.7 Å². The first kappa shape index (κ1) is 9.65. The Morgan fingerprint density at radius 2 is 2.14 bits per heavy atom. The van der Waals surface area contributed by atoms with E-state index in [1.165, 1.54) is 0 Å². The lowest BCUT2D eigenvalue weighted by Gasteiger charge is -2.42. The smallest absolute Gasteiger partial charge is 0.220 e. The summed E-state index contributed by atoms with van der Waals surface area (Å²) >= 11 is 0. The summed E-state index contributed by atoms with van der Waals surface area (Å²) in [5.41, 5.74) is 0. The minimum Gasteiger partial charge on any atom is -0.393 e. The molecule has 1 saturated heterocycles. The van der Waals surface area contributed by atoms with Crippen LogP contribution in [-0.4, -0.2) is 29.4 Å². The molecular formula is C10H15NO3. The average molecular weight is 197 g/mol. The predicted molar refractivity (Wildman–Crippen MR) is 49.4 cm³/mol. The first-order chi connectivity index (χ1) is 6.72. The molecule has 0 aromatic heterocycles. The summed E-state index contributed by atoms with van der Waals surface area (Å²) in [7, 11) is 0. The quantitative estimate of drug-likeness (QED) is 0.574. The fourth-order valence-corrected chi connectivity index (χ4v) is 2.61. The maximum absolute atomic E-state index is 11.2. The van der Waals surface area contributed by atoms with Gasteiger partial charge in [-0.05, 0) is 19.3 Å². The van der Waals surface area contributed by atoms with Gasteiger partial charge in [0.25, 0.3) is 0 Å². The molecule has 0 spiro atoms. The summed E-state index contributed by atoms with van der Waals surface area (Å²) in [5.74, 6) is -0.0171. The fraction of sp³-hybridized carbons (Fsp3) is 0.800. The summed E-state index contributed by atoms with van der Waals surface area (Å²) in [5, 5.41) is 12.6. The van der Waals surface area contributed by atoms with Gasteiger partial charge in [0.15, 0.2) is 0 Å². The Morgan fingerprint density at radius 3 is 2.86 bits per heavy atom. The molecule has 4 heteroatoms. The van der Waals surface area contributed by atoms with E-state index < -0.39 is 0 Å². The number of nitrogens with one attached hydrogen (secondary N) is 1. The van der Waals surface area contributed by atoms with Crippen molar-refractivity contribution in [3.05, 3.63) is 0 Å². The zero-order valence-electron chi connectivity index (χ0n) is 7.98. The number of piperidine rings is 1. The number of carbonyl (C=O) groups excluding carboxylic acids is 2. The van der Waals surface area contributed by atoms with Crippen LogP contribution in [0.5, 0.6) is 0 Å². The highest BCUT2D eigenvalue weighted by molar-refractivity contribution is 5.78. The third-order valence-electron chi connectivity index (χ3n) is 3.42. The molecule has 2 N–H and O–H groups in total. The highest BCUT2D eigenvalue weighted by Gasteiger charge is 2.41. The average Bonchev–Trinajstić information content (AvgIpc) is 2.18. The van der Waals surface area contributed by atoms with Crippen molar-refractivity contribution in [2.24, 2.45) is 11.8 Å². The summed E-state index contributed by atoms with van der Waals surface area (Å²) < 4.78 is 0. The number of aliphatic hydroxyl groups is 1. The Kier molecular flexibility index (Phi) is 2.54. The number of fused-ring (bicyclic) bond motifs is 1. The van der Waals surface area contributed by atoms with E-state index >= 15 is 0 Å². The van der Waals surface area contributed by atoms with E-state index in [2.05, 4.69) is 5.32 Å². The van der Waals surface area contributed by atoms with Gasteiger partial charge < -0.3 is 15.2 Å². The molecular weight excluding hydrogens is 182 g/mol. The van der Waals surface area contributed by atoms with Crippen molar-refractivity contribution < 1.29 is 14.7 Å². The maximum Gasteiger partial charge on any atom is 0.220 e. The molecule has 4 atom stereocenters. The van der Waals surface area contributed by atoms with Crippen LogP contribution in [0.25, 0.3) is 0 Å². The molecule has 0 aromatic carbocycles. The lowest BCUT2D eigenvalue weighted by Crippen LogP contribution is -2.55. The normalized spacial score (nSPS) is 42.5. The van der Waals surface area contributed by atoms with Gasteiger partial charge in [-0.25, -0.2) is 0 Å². The zero-order chi connectivity index (χ0) is 10.1. The van der Waals surface area contributed by atoms with E-state index in [4.69, 9.17) is 0 Å². The van der Waals surface area contributed by atoms with Crippen LogP contribution < -0.4 is 5.32 Å². The van der Waals surface area contributed by atoms with Gasteiger partial charge in [0.05, 0.1) is 6.10 Å². The van der Waals surface area contributed by atoms with E-state index in [1.807, 2.05) is 0 Å². The van der Waals surface area contributed by atoms with Crippen molar-refractivity contribution in [2.45, 2.75) is 37.8 Å². The molecule has 1 aliphatic heterocycles. The minimum absolute atomic E-state index is 0.00667. The summed E-state index contributed by atoms with van der Waals surface area (Å²) in [6, 6.07) is -0.127. The van der Waals surface area contributed by atoms with Crippen molar-refractivity contribution in [1.82, 2.24) is 5.32 Å². The zero-order valence-corrected chi connectivity index (χ0v) is 7.98. The van der Waals surface area contributed by atoms with Gasteiger partial charge in [-0.1, -0.05) is 0 Å². The first-order valence-corrected chi connectivity index (χ1v) is 5.15. The van der Waals surface area contributed by atoms with Crippen LogP contribution in [-0.2, 0) is 9.59 Å². The third-order valence-corrected chi connectivity index (χ3v) is 3.42. The second kappa shape index (κ2) is 3.69. The number of rotatable bonds is 1. The van der Waals surface area contributed by atoms with E-state index in [0.717, 1.165) is 6.29 Å². The van der Waals surface area contributed by atoms with Gasteiger partial charge in [-0.15, -0.1) is 0 Å². The van der Waals surface area contributed by atoms with E-state index in [1.54, 1.807) is 0 Å². The summed E-state index contributed by atoms with van der Waals surface area (Å²) in [6.07, 6.45) is 3.12. The molecule has 1 heterocycles. The Balaban J connectivity index is 2.14. The van der Waals surface area contributed by atoms with Crippen LogP contribution in [0.15, 0.2) is 0 Å². The molecule has 14 heavy (non-hydrogen) atoms. The van der Waals surface area contributed by atoms with Crippen molar-refractivity contribution in [1.29, 1.82) is 0 Å². The lowest BCUT2D eigenvalue weighted by molar-refractivity contribution is -0.129. The molecule has 0 aromatic rings. The SMILES string of the molecule is O=CC1CCC(O)C2CCC(=O)NC12. The Labute approximate surface area is 82.7 Å². The molecule has 4 unspecified atom stereocenters. The molecule has 2 aliphatic rings. The molecule has 1 amide bonds. The maximum atomic E-state index is 11.2. The number of aldehydes is 1. The van der Waals surface area contributed by atoms with E-state index in [9.17, 15) is 14.7 Å². The Hall–Kier alpha value is -0.900. The number of aliphatic hydroxyl groups excluding tert-OH is 1. The van der Waals surface area contributed by atoms with Gasteiger partial charge in [-0.2, -0.15) is 0 Å². The van der Waals surface area contributed by atoms with Crippen molar-refractivity contribution >= 4 is 12.2 Å². The highest BCUT2D eigenvalue weighted by atomic mass is 16.3. The highest BCUT2D eigenvalue weighted by Crippen LogP contribution is 2.34. The van der Waals surface area contributed by atoms with Crippen LogP contribution in [0.3, 0.4) is 0 Å². The molecule has 1 saturated carbocycles. The number of amides is 1. The van der Waals surface area contributed by atoms with Crippen molar-refractivity contribution in [2.75, 3.05) is 0 Å². The molecule has 78 valence electrons. The van der Waals surface area contributed by atoms with Crippen molar-refractivity contribution in [3.63, 3.8) is 0 Å². The minimum atomic E-state index is -0.350. The van der Waals surface area contributed by atoms with Crippen LogP contribution in [0, 0.1) is 11.8 Å². The molecule has 0 bridgehead atoms. The fourth-order valence-electron chi connectivity index (χ4n) is 2.61. The Bertz CT molecular complexity index is 254. The second-order valence-corrected chi connectivity index (χ2v) is 4.24. The monoisotopic (exact) mass is 197 g/mol. The number of carbonyl (C=O) groups is 2. The third kappa shape index (κ3) is 1.54. The molecule has 0 radical (unpaired) electrons.